The Morgan fingerprint density at radius 2 is 1.50 bits per heavy atom. The molecule has 0 aromatic carbocycles. The predicted octanol–water partition coefficient (Wildman–Crippen LogP) is -3.93. The summed E-state index contributed by atoms with van der Waals surface area (Å²) < 4.78 is 0. The van der Waals surface area contributed by atoms with Gasteiger partial charge < -0.3 is 40.5 Å². The van der Waals surface area contributed by atoms with Gasteiger partial charge in [0.15, 0.2) is 6.29 Å². The molecule has 0 aromatic rings. The van der Waals surface area contributed by atoms with Gasteiger partial charge in [0.2, 0.25) is 0 Å². The summed E-state index contributed by atoms with van der Waals surface area (Å²) >= 11 is 0. The molecule has 0 saturated carbocycles. The highest BCUT2D eigenvalue weighted by Crippen LogP contribution is 2.02. The maximum Gasteiger partial charge on any atom is 0.332 e. The second-order valence-electron chi connectivity index (χ2n) is 3.37. The lowest BCUT2D eigenvalue weighted by molar-refractivity contribution is -0.145. The van der Waals surface area contributed by atoms with Crippen molar-refractivity contribution in [1.82, 2.24) is 0 Å². The fourth-order valence-corrected chi connectivity index (χ4v) is 0.618. The number of carbonyl (C=O) groups excluding carboxylic acids is 1. The number of aliphatic hydroxyl groups excluding tert-OH is 6. The zero-order valence-corrected chi connectivity index (χ0v) is 9.62. The molecule has 9 heteroatoms. The van der Waals surface area contributed by atoms with E-state index in [0.29, 0.717) is 0 Å². The van der Waals surface area contributed by atoms with Gasteiger partial charge in [-0.3, -0.25) is 0 Å². The fraction of sp³-hybridized carbons (Fsp3) is 0.778. The topological polar surface area (TPSA) is 176 Å². The number of hydrogen-bond donors (Lipinski definition) is 7. The normalized spacial score (nSPS) is 18.6. The summed E-state index contributed by atoms with van der Waals surface area (Å²) in [6.45, 7) is 0.437. The quantitative estimate of drug-likeness (QED) is 0.237. The minimum Gasteiger partial charge on any atom is -0.479 e. The van der Waals surface area contributed by atoms with Crippen LogP contribution in [0.15, 0.2) is 0 Å². The molecule has 0 rings (SSSR count). The molecule has 0 aliphatic rings. The number of hydrogen-bond acceptors (Lipinski definition) is 8. The van der Waals surface area contributed by atoms with Crippen molar-refractivity contribution >= 4 is 12.3 Å². The maximum absolute atomic E-state index is 9.90. The molecule has 18 heavy (non-hydrogen) atoms. The van der Waals surface area contributed by atoms with Gasteiger partial charge in [-0.05, 0) is 6.92 Å². The number of aldehydes is 1. The molecule has 0 aliphatic heterocycles. The lowest BCUT2D eigenvalue weighted by atomic mass is 10.0. The highest BCUT2D eigenvalue weighted by atomic mass is 16.4. The molecule has 9 nitrogen and oxygen atoms in total. The molecular formula is C9H18O9. The van der Waals surface area contributed by atoms with E-state index in [1.807, 2.05) is 0 Å². The molecule has 0 saturated heterocycles. The lowest BCUT2D eigenvalue weighted by Gasteiger charge is -2.22. The molecule has 0 fully saturated rings. The van der Waals surface area contributed by atoms with E-state index < -0.39 is 43.1 Å². The first-order chi connectivity index (χ1) is 8.18. The Hall–Kier alpha value is -1.10. The van der Waals surface area contributed by atoms with E-state index in [-0.39, 0.29) is 6.29 Å². The average molecular weight is 270 g/mol. The molecular weight excluding hydrogens is 252 g/mol. The summed E-state index contributed by atoms with van der Waals surface area (Å²) in [5.74, 6) is -1.19. The number of rotatable bonds is 6. The van der Waals surface area contributed by atoms with E-state index in [4.69, 9.17) is 35.7 Å². The standard InChI is InChI=1S/C6H12O6.C3H6O3/c7-1-3(9)5(11)6(12)4(10)2-8;1-2(4)3(5)6/h1,3-6,8-12H,2H2;2,4H,1H3,(H,5,6)/t3-,4+,5+,6-;/m0./s1. The van der Waals surface area contributed by atoms with Gasteiger partial charge in [0.25, 0.3) is 0 Å². The Labute approximate surface area is 103 Å². The van der Waals surface area contributed by atoms with Crippen LogP contribution in [0.3, 0.4) is 0 Å². The summed E-state index contributed by atoms with van der Waals surface area (Å²) in [5.41, 5.74) is 0. The van der Waals surface area contributed by atoms with E-state index in [9.17, 15) is 9.59 Å². The van der Waals surface area contributed by atoms with Crippen LogP contribution in [0.2, 0.25) is 0 Å². The van der Waals surface area contributed by atoms with E-state index >= 15 is 0 Å². The number of aliphatic carboxylic acids is 1. The second-order valence-corrected chi connectivity index (χ2v) is 3.37. The monoisotopic (exact) mass is 270 g/mol. The van der Waals surface area contributed by atoms with Gasteiger partial charge >= 0.3 is 5.97 Å². The third-order valence-corrected chi connectivity index (χ3v) is 1.78. The molecule has 0 radical (unpaired) electrons. The van der Waals surface area contributed by atoms with Crippen molar-refractivity contribution in [2.45, 2.75) is 37.4 Å². The maximum atomic E-state index is 9.90. The van der Waals surface area contributed by atoms with Crippen molar-refractivity contribution in [2.75, 3.05) is 6.61 Å². The predicted molar refractivity (Wildman–Crippen MR) is 56.5 cm³/mol. The van der Waals surface area contributed by atoms with Gasteiger partial charge in [0.05, 0.1) is 6.61 Å². The van der Waals surface area contributed by atoms with E-state index in [2.05, 4.69) is 0 Å². The molecule has 0 aliphatic carbocycles. The fourth-order valence-electron chi connectivity index (χ4n) is 0.618. The first kappa shape index (κ1) is 19.2. The summed E-state index contributed by atoms with van der Waals surface area (Å²) in [7, 11) is 0. The Morgan fingerprint density at radius 3 is 1.72 bits per heavy atom. The van der Waals surface area contributed by atoms with E-state index in [1.165, 1.54) is 6.92 Å². The number of carbonyl (C=O) groups is 2. The highest BCUT2D eigenvalue weighted by Gasteiger charge is 2.29. The summed E-state index contributed by atoms with van der Waals surface area (Å²) in [4.78, 5) is 19.3. The molecule has 0 aromatic heterocycles. The third kappa shape index (κ3) is 8.06. The molecule has 0 spiro atoms. The van der Waals surface area contributed by atoms with Crippen molar-refractivity contribution in [3.63, 3.8) is 0 Å². The first-order valence-corrected chi connectivity index (χ1v) is 4.88. The lowest BCUT2D eigenvalue weighted by Crippen LogP contribution is -2.46. The number of carboxylic acids is 1. The second kappa shape index (κ2) is 9.88. The highest BCUT2D eigenvalue weighted by molar-refractivity contribution is 5.71. The molecule has 7 N–H and O–H groups in total. The van der Waals surface area contributed by atoms with Crippen LogP contribution in [0.5, 0.6) is 0 Å². The van der Waals surface area contributed by atoms with Crippen LogP contribution in [0.25, 0.3) is 0 Å². The van der Waals surface area contributed by atoms with Gasteiger partial charge in [-0.15, -0.1) is 0 Å². The van der Waals surface area contributed by atoms with Crippen molar-refractivity contribution in [1.29, 1.82) is 0 Å². The van der Waals surface area contributed by atoms with Crippen LogP contribution < -0.4 is 0 Å². The summed E-state index contributed by atoms with van der Waals surface area (Å²) in [6, 6.07) is 0. The Bertz CT molecular complexity index is 242. The van der Waals surface area contributed by atoms with E-state index in [0.717, 1.165) is 0 Å². The van der Waals surface area contributed by atoms with Gasteiger partial charge in [-0.2, -0.15) is 0 Å². The van der Waals surface area contributed by atoms with Crippen LogP contribution in [0, 0.1) is 0 Å². The van der Waals surface area contributed by atoms with Crippen molar-refractivity contribution in [3.8, 4) is 0 Å². The van der Waals surface area contributed by atoms with Gasteiger partial charge in [0, 0.05) is 0 Å². The SMILES string of the molecule is CC(O)C(=O)O.O=C[C@H](O)[C@@H](O)[C@@H](O)[C@H](O)CO. The van der Waals surface area contributed by atoms with Crippen molar-refractivity contribution in [2.24, 2.45) is 0 Å². The largest absolute Gasteiger partial charge is 0.479 e. The van der Waals surface area contributed by atoms with Crippen LogP contribution >= 0.6 is 0 Å². The zero-order chi connectivity index (χ0) is 14.9. The Kier molecular flexibility index (Phi) is 10.6. The Balaban J connectivity index is 0. The summed E-state index contributed by atoms with van der Waals surface area (Å²) in [6.07, 6.45) is -8.07. The Morgan fingerprint density at radius 1 is 1.11 bits per heavy atom. The molecule has 0 heterocycles. The minimum atomic E-state index is -1.79. The van der Waals surface area contributed by atoms with Gasteiger partial charge in [-0.1, -0.05) is 0 Å². The average Bonchev–Trinajstić information content (AvgIpc) is 2.35. The zero-order valence-electron chi connectivity index (χ0n) is 9.62. The number of aliphatic hydroxyl groups is 6. The van der Waals surface area contributed by atoms with Crippen LogP contribution in [-0.4, -0.2) is 85.1 Å². The molecule has 108 valence electrons. The third-order valence-electron chi connectivity index (χ3n) is 1.78. The van der Waals surface area contributed by atoms with E-state index in [1.54, 1.807) is 0 Å². The molecule has 0 bridgehead atoms. The van der Waals surface area contributed by atoms with Crippen molar-refractivity contribution in [3.05, 3.63) is 0 Å². The molecule has 0 amide bonds. The van der Waals surface area contributed by atoms with Crippen molar-refractivity contribution < 1.29 is 45.3 Å². The van der Waals surface area contributed by atoms with Gasteiger partial charge in [-0.25, -0.2) is 4.79 Å². The van der Waals surface area contributed by atoms with Crippen LogP contribution in [0.4, 0.5) is 0 Å². The minimum absolute atomic E-state index is 0.0258. The number of carboxylic acid groups (broad SMARTS) is 1. The molecule has 1 unspecified atom stereocenters. The molecule has 5 atom stereocenters. The van der Waals surface area contributed by atoms with Gasteiger partial charge in [0.1, 0.15) is 30.5 Å². The van der Waals surface area contributed by atoms with Crippen LogP contribution in [-0.2, 0) is 9.59 Å². The summed E-state index contributed by atoms with van der Waals surface area (Å²) in [5, 5.41) is 59.3. The smallest absolute Gasteiger partial charge is 0.332 e. The first-order valence-electron chi connectivity index (χ1n) is 4.88. The van der Waals surface area contributed by atoms with Crippen LogP contribution in [0.1, 0.15) is 6.92 Å².